The summed E-state index contributed by atoms with van der Waals surface area (Å²) in [5, 5.41) is 6.76. The average molecular weight is 799 g/mol. The summed E-state index contributed by atoms with van der Waals surface area (Å²) in [6.45, 7) is 10.7. The number of ether oxygens (including phenoxy) is 3. The normalized spacial score (nSPS) is 29.8. The lowest BCUT2D eigenvalue weighted by atomic mass is 9.85. The molecule has 2 aromatic carbocycles. The highest BCUT2D eigenvalue weighted by atomic mass is 32.2. The van der Waals surface area contributed by atoms with E-state index < -0.39 is 79.6 Å². The van der Waals surface area contributed by atoms with E-state index in [0.717, 1.165) is 6.42 Å². The molecule has 0 radical (unpaired) electrons. The van der Waals surface area contributed by atoms with Gasteiger partial charge >= 0.3 is 6.09 Å². The Hall–Kier alpha value is -4.40. The minimum absolute atomic E-state index is 0.0126. The predicted octanol–water partition coefficient (Wildman–Crippen LogP) is 5.50. The Bertz CT molecular complexity index is 2010. The van der Waals surface area contributed by atoms with Crippen LogP contribution >= 0.6 is 0 Å². The molecule has 2 heterocycles. The first-order valence-electron chi connectivity index (χ1n) is 19.6. The average Bonchev–Trinajstić information content (AvgIpc) is 4.00. The van der Waals surface area contributed by atoms with Crippen molar-refractivity contribution in [2.75, 3.05) is 13.7 Å². The quantitative estimate of drug-likeness (QED) is 0.292. The van der Waals surface area contributed by atoms with Crippen molar-refractivity contribution in [3.8, 4) is 11.5 Å². The third kappa shape index (κ3) is 8.62. The summed E-state index contributed by atoms with van der Waals surface area (Å²) in [5.41, 5.74) is -2.40. The Labute approximate surface area is 328 Å². The molecule has 2 aromatic rings. The number of carbonyl (C=O) groups is 4. The van der Waals surface area contributed by atoms with Crippen LogP contribution in [0.15, 0.2) is 42.5 Å². The number of nitrogens with zero attached hydrogens (tertiary/aromatic N) is 1. The van der Waals surface area contributed by atoms with E-state index in [2.05, 4.69) is 22.3 Å². The van der Waals surface area contributed by atoms with Crippen LogP contribution in [-0.4, -0.2) is 84.9 Å². The van der Waals surface area contributed by atoms with Gasteiger partial charge in [0.25, 0.3) is 5.91 Å². The first-order chi connectivity index (χ1) is 26.3. The van der Waals surface area contributed by atoms with Gasteiger partial charge in [-0.25, -0.2) is 17.6 Å². The molecule has 306 valence electrons. The smallest absolute Gasteiger partial charge is 0.408 e. The molecular formula is C41H55FN4O9S. The van der Waals surface area contributed by atoms with Crippen LogP contribution in [0.3, 0.4) is 0 Å². The van der Waals surface area contributed by atoms with E-state index in [1.807, 2.05) is 19.1 Å². The molecule has 4 aliphatic rings. The minimum atomic E-state index is -4.02. The van der Waals surface area contributed by atoms with Crippen LogP contribution in [0.5, 0.6) is 11.5 Å². The Morgan fingerprint density at radius 3 is 2.45 bits per heavy atom. The fourth-order valence-electron chi connectivity index (χ4n) is 7.98. The molecule has 56 heavy (non-hydrogen) atoms. The number of methoxy groups -OCH3 is 1. The van der Waals surface area contributed by atoms with Crippen molar-refractivity contribution in [2.24, 2.45) is 17.8 Å². The SMILES string of the molecule is CC[C@@H]1C[C@H](C)CC/C=C\[C@@H]2C[C@@]2(C(=O)NS(=O)(=O)C2(C)CC2)NC(=O)[C@@H]2C[C@@H](Oc3ccc(OC)c4ccc(F)cc34)CN2C(=O)[C@H]1NC(=O)OC(C)(C)C. The van der Waals surface area contributed by atoms with Crippen molar-refractivity contribution in [3.05, 3.63) is 48.3 Å². The van der Waals surface area contributed by atoms with Gasteiger partial charge < -0.3 is 29.7 Å². The number of hydrogen-bond donors (Lipinski definition) is 3. The van der Waals surface area contributed by atoms with E-state index in [4.69, 9.17) is 14.2 Å². The van der Waals surface area contributed by atoms with Crippen molar-refractivity contribution >= 4 is 44.6 Å². The van der Waals surface area contributed by atoms with Gasteiger partial charge in [0, 0.05) is 23.1 Å². The summed E-state index contributed by atoms with van der Waals surface area (Å²) < 4.78 is 59.7. The topological polar surface area (TPSA) is 169 Å². The molecule has 0 bridgehead atoms. The summed E-state index contributed by atoms with van der Waals surface area (Å²) in [5.74, 6) is -2.34. The van der Waals surface area contributed by atoms with Gasteiger partial charge in [-0.15, -0.1) is 0 Å². The van der Waals surface area contributed by atoms with E-state index in [-0.39, 0.29) is 31.2 Å². The number of fused-ring (bicyclic) bond motifs is 3. The first-order valence-corrected chi connectivity index (χ1v) is 21.1. The highest BCUT2D eigenvalue weighted by Gasteiger charge is 2.63. The largest absolute Gasteiger partial charge is 0.496 e. The van der Waals surface area contributed by atoms with Crippen LogP contribution in [0.25, 0.3) is 10.8 Å². The molecule has 6 rings (SSSR count). The lowest BCUT2D eigenvalue weighted by Crippen LogP contribution is -2.59. The summed E-state index contributed by atoms with van der Waals surface area (Å²) in [4.78, 5) is 58.1. The fourth-order valence-corrected chi connectivity index (χ4v) is 9.29. The Balaban J connectivity index is 1.38. The zero-order chi connectivity index (χ0) is 40.8. The third-order valence-electron chi connectivity index (χ3n) is 11.7. The molecule has 2 aliphatic carbocycles. The lowest BCUT2D eigenvalue weighted by Gasteiger charge is -2.34. The number of nitrogens with one attached hydrogen (secondary N) is 3. The molecule has 0 aromatic heterocycles. The summed E-state index contributed by atoms with van der Waals surface area (Å²) in [6.07, 6.45) is 5.82. The van der Waals surface area contributed by atoms with Crippen LogP contribution < -0.4 is 24.8 Å². The van der Waals surface area contributed by atoms with Gasteiger partial charge in [-0.1, -0.05) is 32.4 Å². The molecule has 4 amide bonds. The number of allylic oxidation sites excluding steroid dienone is 1. The number of hydrogen-bond acceptors (Lipinski definition) is 9. The van der Waals surface area contributed by atoms with Gasteiger partial charge in [-0.3, -0.25) is 19.1 Å². The molecule has 3 fully saturated rings. The maximum Gasteiger partial charge on any atom is 0.408 e. The van der Waals surface area contributed by atoms with Crippen molar-refractivity contribution in [1.82, 2.24) is 20.3 Å². The maximum absolute atomic E-state index is 14.9. The van der Waals surface area contributed by atoms with Crippen molar-refractivity contribution < 1.29 is 46.2 Å². The highest BCUT2D eigenvalue weighted by Crippen LogP contribution is 2.48. The Kier molecular flexibility index (Phi) is 11.4. The minimum Gasteiger partial charge on any atom is -0.496 e. The zero-order valence-corrected chi connectivity index (χ0v) is 34.1. The first kappa shape index (κ1) is 41.2. The monoisotopic (exact) mass is 798 g/mol. The number of halogens is 1. The molecular weight excluding hydrogens is 744 g/mol. The van der Waals surface area contributed by atoms with Crippen LogP contribution in [0.4, 0.5) is 9.18 Å². The second-order valence-corrected chi connectivity index (χ2v) is 19.4. The van der Waals surface area contributed by atoms with Gasteiger partial charge in [0.2, 0.25) is 21.8 Å². The Morgan fingerprint density at radius 2 is 1.79 bits per heavy atom. The van der Waals surface area contributed by atoms with Crippen molar-refractivity contribution in [1.29, 1.82) is 0 Å². The molecule has 13 nitrogen and oxygen atoms in total. The molecule has 2 aliphatic heterocycles. The number of rotatable bonds is 8. The van der Waals surface area contributed by atoms with E-state index in [1.165, 1.54) is 24.1 Å². The van der Waals surface area contributed by atoms with E-state index in [9.17, 15) is 32.0 Å². The molecule has 7 atom stereocenters. The summed E-state index contributed by atoms with van der Waals surface area (Å²) in [7, 11) is -2.52. The van der Waals surface area contributed by atoms with Gasteiger partial charge in [0.05, 0.1) is 18.4 Å². The zero-order valence-electron chi connectivity index (χ0n) is 33.3. The number of sulfonamides is 1. The Morgan fingerprint density at radius 1 is 1.07 bits per heavy atom. The van der Waals surface area contributed by atoms with Crippen LogP contribution in [0.1, 0.15) is 92.9 Å². The van der Waals surface area contributed by atoms with Crippen LogP contribution in [0, 0.1) is 23.6 Å². The third-order valence-corrected chi connectivity index (χ3v) is 13.9. The van der Waals surface area contributed by atoms with Gasteiger partial charge in [0.15, 0.2) is 0 Å². The summed E-state index contributed by atoms with van der Waals surface area (Å²) in [6, 6.07) is 5.31. The van der Waals surface area contributed by atoms with Crippen LogP contribution in [0.2, 0.25) is 0 Å². The number of carbonyl (C=O) groups excluding carboxylic acids is 4. The second kappa shape index (κ2) is 15.5. The standard InChI is InChI=1S/C41H55FN4O9S/c1-8-25-19-24(2)11-9-10-12-26-22-41(26,37(49)45-56(51,52)40(6)17-18-40)44-35(47)31-21-28(23-46(31)36(48)34(25)43-38(50)55-39(3,4)5)54-33-16-15-32(53-7)29-14-13-27(42)20-30(29)33/h10,12-16,20,24-26,28,31,34H,8-9,11,17-19,21-23H2,1-7H3,(H,43,50)(H,44,47)(H,45,49)/b12-10-/t24-,25-,26-,28-,31+,34+,41-/m1/s1. The highest BCUT2D eigenvalue weighted by molar-refractivity contribution is 7.91. The van der Waals surface area contributed by atoms with E-state index in [1.54, 1.807) is 45.9 Å². The van der Waals surface area contributed by atoms with Crippen molar-refractivity contribution in [2.45, 2.75) is 127 Å². The number of alkyl carbamates (subject to hydrolysis) is 1. The van der Waals surface area contributed by atoms with Gasteiger partial charge in [-0.05, 0) is 108 Å². The van der Waals surface area contributed by atoms with Gasteiger partial charge in [0.1, 0.15) is 46.6 Å². The molecule has 0 unspecified atom stereocenters. The number of amides is 4. The molecule has 15 heteroatoms. The molecule has 1 saturated heterocycles. The molecule has 2 saturated carbocycles. The van der Waals surface area contributed by atoms with Gasteiger partial charge in [-0.2, -0.15) is 0 Å². The second-order valence-electron chi connectivity index (χ2n) is 17.2. The molecule has 0 spiro atoms. The summed E-state index contributed by atoms with van der Waals surface area (Å²) >= 11 is 0. The number of benzene rings is 2. The predicted molar refractivity (Wildman–Crippen MR) is 208 cm³/mol. The van der Waals surface area contributed by atoms with E-state index in [0.29, 0.717) is 54.4 Å². The van der Waals surface area contributed by atoms with Crippen molar-refractivity contribution in [3.63, 3.8) is 0 Å². The van der Waals surface area contributed by atoms with Crippen LogP contribution in [-0.2, 0) is 29.1 Å². The molecule has 3 N–H and O–H groups in total. The fraction of sp³-hybridized carbons (Fsp3) is 0.610. The lowest BCUT2D eigenvalue weighted by molar-refractivity contribution is -0.142. The maximum atomic E-state index is 14.9. The van der Waals surface area contributed by atoms with E-state index >= 15 is 0 Å².